The van der Waals surface area contributed by atoms with Gasteiger partial charge in [-0.1, -0.05) is 23.7 Å². The minimum absolute atomic E-state index is 0.339. The molecule has 4 aromatic rings. The third-order valence-electron chi connectivity index (χ3n) is 4.28. The van der Waals surface area contributed by atoms with Crippen LogP contribution in [0.5, 0.6) is 0 Å². The van der Waals surface area contributed by atoms with Gasteiger partial charge in [0, 0.05) is 16.1 Å². The molecule has 2 aromatic heterocycles. The van der Waals surface area contributed by atoms with Crippen LogP contribution >= 0.6 is 22.9 Å². The van der Waals surface area contributed by atoms with Crippen LogP contribution in [-0.4, -0.2) is 16.0 Å². The number of aryl methyl sites for hydroxylation is 1. The van der Waals surface area contributed by atoms with Gasteiger partial charge in [0.2, 0.25) is 0 Å². The number of fused-ring (bicyclic) bond motifs is 1. The molecule has 0 aliphatic carbocycles. The number of urea groups is 1. The van der Waals surface area contributed by atoms with Crippen LogP contribution in [0.25, 0.3) is 21.3 Å². The molecule has 9 heteroatoms. The predicted octanol–water partition coefficient (Wildman–Crippen LogP) is 5.69. The number of hydrogen-bond acceptors (Lipinski definition) is 5. The van der Waals surface area contributed by atoms with Crippen molar-refractivity contribution in [1.29, 1.82) is 0 Å². The van der Waals surface area contributed by atoms with E-state index in [1.165, 1.54) is 35.9 Å². The Balaban J connectivity index is 1.61. The fourth-order valence-corrected chi connectivity index (χ4v) is 4.29. The number of aromatic nitrogens is 2. The summed E-state index contributed by atoms with van der Waals surface area (Å²) >= 11 is 7.93. The topological polar surface area (TPSA) is 92.9 Å². The smallest absolute Gasteiger partial charge is 0.323 e. The Labute approximate surface area is 174 Å². The van der Waals surface area contributed by atoms with Crippen LogP contribution in [0.3, 0.4) is 0 Å². The highest BCUT2D eigenvalue weighted by atomic mass is 35.5. The molecule has 2 amide bonds. The minimum atomic E-state index is -0.528. The first kappa shape index (κ1) is 19.1. The lowest BCUT2D eigenvalue weighted by Gasteiger charge is -2.11. The van der Waals surface area contributed by atoms with Gasteiger partial charge in [-0.2, -0.15) is 0 Å². The Kier molecular flexibility index (Phi) is 5.04. The maximum absolute atomic E-state index is 13.2. The van der Waals surface area contributed by atoms with Gasteiger partial charge in [-0.15, -0.1) is 11.3 Å². The molecule has 2 heterocycles. The molecule has 6 nitrogen and oxygen atoms in total. The van der Waals surface area contributed by atoms with E-state index in [-0.39, 0.29) is 0 Å². The van der Waals surface area contributed by atoms with Crippen molar-refractivity contribution in [2.24, 2.45) is 0 Å². The molecule has 0 spiro atoms. The van der Waals surface area contributed by atoms with E-state index in [1.54, 1.807) is 18.2 Å². The Hall–Kier alpha value is -3.23. The Morgan fingerprint density at radius 3 is 2.76 bits per heavy atom. The third-order valence-corrected chi connectivity index (χ3v) is 5.61. The van der Waals surface area contributed by atoms with Crippen molar-refractivity contribution in [2.75, 3.05) is 16.4 Å². The van der Waals surface area contributed by atoms with Crippen LogP contribution in [0.2, 0.25) is 5.02 Å². The van der Waals surface area contributed by atoms with Gasteiger partial charge in [-0.3, -0.25) is 0 Å². The van der Waals surface area contributed by atoms with Gasteiger partial charge < -0.3 is 16.4 Å². The van der Waals surface area contributed by atoms with Gasteiger partial charge in [0.25, 0.3) is 0 Å². The summed E-state index contributed by atoms with van der Waals surface area (Å²) in [6.07, 6.45) is 1.44. The fourth-order valence-electron chi connectivity index (χ4n) is 3.04. The lowest BCUT2D eigenvalue weighted by atomic mass is 10.0. The van der Waals surface area contributed by atoms with Crippen LogP contribution < -0.4 is 16.4 Å². The summed E-state index contributed by atoms with van der Waals surface area (Å²) < 4.78 is 13.2. The standard InChI is InChI=1S/C20H15ClFN5OS/c1-10-16(17-18(23)24-9-25-19(17)29-10)11-5-6-15(14(21)7-11)27-20(28)26-13-4-2-3-12(22)8-13/h2-9H,1H3,(H2,23,24,25)(H2,26,27,28). The van der Waals surface area contributed by atoms with E-state index >= 15 is 0 Å². The molecule has 0 atom stereocenters. The zero-order valence-electron chi connectivity index (χ0n) is 15.2. The molecule has 0 unspecified atom stereocenters. The van der Waals surface area contributed by atoms with Crippen LogP contribution in [0.15, 0.2) is 48.8 Å². The molecule has 0 aliphatic heterocycles. The normalized spacial score (nSPS) is 10.9. The van der Waals surface area contributed by atoms with Crippen LogP contribution in [-0.2, 0) is 0 Å². The molecule has 0 aliphatic rings. The van der Waals surface area contributed by atoms with Crippen molar-refractivity contribution in [1.82, 2.24) is 9.97 Å². The first-order chi connectivity index (χ1) is 13.9. The summed E-state index contributed by atoms with van der Waals surface area (Å²) in [6.45, 7) is 1.98. The highest BCUT2D eigenvalue weighted by Gasteiger charge is 2.17. The van der Waals surface area contributed by atoms with Crippen LogP contribution in [0, 0.1) is 12.7 Å². The lowest BCUT2D eigenvalue weighted by molar-refractivity contribution is 0.262. The number of carbonyl (C=O) groups is 1. The Bertz CT molecular complexity index is 1240. The molecule has 0 bridgehead atoms. The molecule has 4 rings (SSSR count). The second kappa shape index (κ2) is 7.65. The molecule has 0 saturated carbocycles. The van der Waals surface area contributed by atoms with E-state index in [4.69, 9.17) is 17.3 Å². The summed E-state index contributed by atoms with van der Waals surface area (Å²) in [6, 6.07) is 10.4. The van der Waals surface area contributed by atoms with Gasteiger partial charge in [0.05, 0.1) is 16.1 Å². The number of benzene rings is 2. The number of thiophene rings is 1. The molecular formula is C20H15ClFN5OS. The van der Waals surface area contributed by atoms with Crippen LogP contribution in [0.4, 0.5) is 26.4 Å². The number of amides is 2. The number of nitrogens with one attached hydrogen (secondary N) is 2. The minimum Gasteiger partial charge on any atom is -0.383 e. The highest BCUT2D eigenvalue weighted by molar-refractivity contribution is 7.19. The average Bonchev–Trinajstić information content (AvgIpc) is 3.00. The second-order valence-corrected chi connectivity index (χ2v) is 7.87. The number of hydrogen-bond donors (Lipinski definition) is 3. The van der Waals surface area contributed by atoms with E-state index < -0.39 is 11.8 Å². The number of nitrogens with two attached hydrogens (primary N) is 1. The molecule has 29 heavy (non-hydrogen) atoms. The monoisotopic (exact) mass is 427 g/mol. The van der Waals surface area contributed by atoms with Crippen molar-refractivity contribution in [3.05, 3.63) is 64.5 Å². The molecule has 146 valence electrons. The number of carbonyl (C=O) groups excluding carboxylic acids is 1. The maximum atomic E-state index is 13.2. The summed E-state index contributed by atoms with van der Waals surface area (Å²) in [5.41, 5.74) is 8.58. The number of nitrogen functional groups attached to an aromatic ring is 1. The first-order valence-corrected chi connectivity index (χ1v) is 9.75. The Morgan fingerprint density at radius 2 is 2.00 bits per heavy atom. The van der Waals surface area contributed by atoms with Crippen molar-refractivity contribution in [3.8, 4) is 11.1 Å². The van der Waals surface area contributed by atoms with E-state index in [2.05, 4.69) is 20.6 Å². The SMILES string of the molecule is Cc1sc2ncnc(N)c2c1-c1ccc(NC(=O)Nc2cccc(F)c2)c(Cl)c1. The number of halogens is 2. The highest BCUT2D eigenvalue weighted by Crippen LogP contribution is 2.41. The number of nitrogens with zero attached hydrogens (tertiary/aromatic N) is 2. The zero-order valence-corrected chi connectivity index (χ0v) is 16.7. The van der Waals surface area contributed by atoms with Gasteiger partial charge in [-0.25, -0.2) is 19.2 Å². The fraction of sp³-hybridized carbons (Fsp3) is 0.0500. The van der Waals surface area contributed by atoms with Crippen molar-refractivity contribution < 1.29 is 9.18 Å². The lowest BCUT2D eigenvalue weighted by Crippen LogP contribution is -2.19. The van der Waals surface area contributed by atoms with Crippen molar-refractivity contribution in [2.45, 2.75) is 6.92 Å². The first-order valence-electron chi connectivity index (χ1n) is 8.55. The maximum Gasteiger partial charge on any atom is 0.323 e. The van der Waals surface area contributed by atoms with Gasteiger partial charge in [0.1, 0.15) is 22.8 Å². The molecule has 4 N–H and O–H groups in total. The van der Waals surface area contributed by atoms with E-state index in [0.29, 0.717) is 22.2 Å². The number of rotatable bonds is 3. The van der Waals surface area contributed by atoms with Gasteiger partial charge in [0.15, 0.2) is 0 Å². The number of anilines is 3. The quantitative estimate of drug-likeness (QED) is 0.391. The summed E-state index contributed by atoms with van der Waals surface area (Å²) in [4.78, 5) is 22.4. The van der Waals surface area contributed by atoms with E-state index in [9.17, 15) is 9.18 Å². The summed E-state index contributed by atoms with van der Waals surface area (Å²) in [5.74, 6) is -0.0334. The Morgan fingerprint density at radius 1 is 1.17 bits per heavy atom. The third kappa shape index (κ3) is 3.85. The predicted molar refractivity (Wildman–Crippen MR) is 116 cm³/mol. The molecule has 0 fully saturated rings. The molecular weight excluding hydrogens is 413 g/mol. The molecule has 2 aromatic carbocycles. The van der Waals surface area contributed by atoms with Gasteiger partial charge in [-0.05, 0) is 42.8 Å². The van der Waals surface area contributed by atoms with E-state index in [0.717, 1.165) is 26.2 Å². The second-order valence-electron chi connectivity index (χ2n) is 6.26. The van der Waals surface area contributed by atoms with E-state index in [1.807, 2.05) is 13.0 Å². The molecule has 0 saturated heterocycles. The average molecular weight is 428 g/mol. The van der Waals surface area contributed by atoms with Crippen molar-refractivity contribution >= 4 is 56.4 Å². The summed E-state index contributed by atoms with van der Waals surface area (Å²) in [5, 5.41) is 6.36. The summed E-state index contributed by atoms with van der Waals surface area (Å²) in [7, 11) is 0. The largest absolute Gasteiger partial charge is 0.383 e. The molecule has 0 radical (unpaired) electrons. The van der Waals surface area contributed by atoms with Gasteiger partial charge >= 0.3 is 6.03 Å². The van der Waals surface area contributed by atoms with Crippen molar-refractivity contribution in [3.63, 3.8) is 0 Å². The van der Waals surface area contributed by atoms with Crippen LogP contribution in [0.1, 0.15) is 4.88 Å². The zero-order chi connectivity index (χ0) is 20.5.